The van der Waals surface area contributed by atoms with Crippen LogP contribution >= 0.6 is 0 Å². The number of fused-ring (bicyclic) bond motifs is 1. The monoisotopic (exact) mass is 322 g/mol. The van der Waals surface area contributed by atoms with Gasteiger partial charge in [-0.2, -0.15) is 0 Å². The molecular weight excluding hydrogens is 299 g/mol. The van der Waals surface area contributed by atoms with E-state index in [1.54, 1.807) is 6.07 Å². The molecule has 1 heterocycles. The fourth-order valence-electron chi connectivity index (χ4n) is 3.62. The molecule has 1 aliphatic rings. The average molecular weight is 322 g/mol. The smallest absolute Gasteiger partial charge is 0.123 e. The average Bonchev–Trinajstić information content (AvgIpc) is 3.25. The SMILES string of the molecule is Fc1ccc2[nH]cc([C@@H]3C[C@H]3CNCCCc3ccccc3)c2c1. The Morgan fingerprint density at radius 3 is 2.88 bits per heavy atom. The third kappa shape index (κ3) is 3.36. The molecule has 124 valence electrons. The second kappa shape index (κ2) is 6.78. The van der Waals surface area contributed by atoms with Crippen molar-refractivity contribution in [3.05, 3.63) is 71.7 Å². The minimum atomic E-state index is -0.153. The molecule has 0 bridgehead atoms. The van der Waals surface area contributed by atoms with Crippen LogP contribution < -0.4 is 5.32 Å². The third-order valence-corrected chi connectivity index (χ3v) is 5.07. The van der Waals surface area contributed by atoms with Gasteiger partial charge in [0, 0.05) is 17.1 Å². The van der Waals surface area contributed by atoms with Crippen LogP contribution in [-0.2, 0) is 6.42 Å². The first-order valence-corrected chi connectivity index (χ1v) is 8.82. The van der Waals surface area contributed by atoms with Gasteiger partial charge in [0.1, 0.15) is 5.82 Å². The third-order valence-electron chi connectivity index (χ3n) is 5.07. The first-order valence-electron chi connectivity index (χ1n) is 8.82. The Bertz CT molecular complexity index is 809. The fraction of sp³-hybridized carbons (Fsp3) is 0.333. The quantitative estimate of drug-likeness (QED) is 0.610. The molecule has 0 aliphatic heterocycles. The molecule has 4 rings (SSSR count). The number of benzene rings is 2. The van der Waals surface area contributed by atoms with Gasteiger partial charge in [-0.05, 0) is 73.5 Å². The number of nitrogens with one attached hydrogen (secondary N) is 2. The zero-order valence-electron chi connectivity index (χ0n) is 13.8. The summed E-state index contributed by atoms with van der Waals surface area (Å²) in [4.78, 5) is 3.26. The summed E-state index contributed by atoms with van der Waals surface area (Å²) in [6.07, 6.45) is 5.56. The van der Waals surface area contributed by atoms with E-state index in [4.69, 9.17) is 0 Å². The normalized spacial score (nSPS) is 19.7. The number of hydrogen-bond acceptors (Lipinski definition) is 1. The van der Waals surface area contributed by atoms with E-state index >= 15 is 0 Å². The van der Waals surface area contributed by atoms with Crippen molar-refractivity contribution in [1.29, 1.82) is 0 Å². The predicted octanol–water partition coefficient (Wildman–Crippen LogP) is 4.63. The maximum absolute atomic E-state index is 13.5. The number of aromatic nitrogens is 1. The molecule has 1 aromatic heterocycles. The van der Waals surface area contributed by atoms with E-state index in [1.165, 1.54) is 30.0 Å². The van der Waals surface area contributed by atoms with Crippen LogP contribution in [0.1, 0.15) is 29.9 Å². The van der Waals surface area contributed by atoms with Crippen LogP contribution in [0.25, 0.3) is 10.9 Å². The lowest BCUT2D eigenvalue weighted by atomic mass is 10.1. The molecule has 2 aromatic carbocycles. The Morgan fingerprint density at radius 2 is 2.00 bits per heavy atom. The molecule has 2 nitrogen and oxygen atoms in total. The molecule has 0 amide bonds. The van der Waals surface area contributed by atoms with Crippen molar-refractivity contribution in [2.24, 2.45) is 5.92 Å². The zero-order valence-corrected chi connectivity index (χ0v) is 13.8. The molecule has 3 aromatic rings. The van der Waals surface area contributed by atoms with E-state index in [0.29, 0.717) is 11.8 Å². The molecule has 1 aliphatic carbocycles. The first-order chi connectivity index (χ1) is 11.8. The lowest BCUT2D eigenvalue weighted by Crippen LogP contribution is -2.19. The molecule has 24 heavy (non-hydrogen) atoms. The van der Waals surface area contributed by atoms with E-state index in [1.807, 2.05) is 6.07 Å². The van der Waals surface area contributed by atoms with Gasteiger partial charge >= 0.3 is 0 Å². The summed E-state index contributed by atoms with van der Waals surface area (Å²) >= 11 is 0. The van der Waals surface area contributed by atoms with Gasteiger partial charge in [0.05, 0.1) is 0 Å². The minimum absolute atomic E-state index is 0.153. The maximum atomic E-state index is 13.5. The molecule has 0 spiro atoms. The second-order valence-corrected chi connectivity index (χ2v) is 6.83. The molecule has 2 N–H and O–H groups in total. The number of H-pyrrole nitrogens is 1. The van der Waals surface area contributed by atoms with Gasteiger partial charge in [-0.15, -0.1) is 0 Å². The van der Waals surface area contributed by atoms with Crippen LogP contribution in [-0.4, -0.2) is 18.1 Å². The number of halogens is 1. The Kier molecular flexibility index (Phi) is 4.35. The highest BCUT2D eigenvalue weighted by molar-refractivity contribution is 5.84. The van der Waals surface area contributed by atoms with Crippen molar-refractivity contribution in [3.8, 4) is 0 Å². The molecule has 0 radical (unpaired) electrons. The highest BCUT2D eigenvalue weighted by Crippen LogP contribution is 2.49. The molecular formula is C21H23FN2. The van der Waals surface area contributed by atoms with Crippen LogP contribution in [0, 0.1) is 11.7 Å². The molecule has 1 saturated carbocycles. The van der Waals surface area contributed by atoms with E-state index in [2.05, 4.69) is 46.8 Å². The van der Waals surface area contributed by atoms with E-state index in [0.717, 1.165) is 30.4 Å². The predicted molar refractivity (Wildman–Crippen MR) is 96.7 cm³/mol. The van der Waals surface area contributed by atoms with Crippen molar-refractivity contribution in [2.45, 2.75) is 25.2 Å². The van der Waals surface area contributed by atoms with Gasteiger partial charge in [-0.25, -0.2) is 4.39 Å². The highest BCUT2D eigenvalue weighted by Gasteiger charge is 2.39. The summed E-state index contributed by atoms with van der Waals surface area (Å²) in [6, 6.07) is 15.6. The van der Waals surface area contributed by atoms with E-state index in [9.17, 15) is 4.39 Å². The van der Waals surface area contributed by atoms with Gasteiger partial charge in [-0.1, -0.05) is 30.3 Å². The lowest BCUT2D eigenvalue weighted by molar-refractivity contribution is 0.605. The molecule has 0 unspecified atom stereocenters. The summed E-state index contributed by atoms with van der Waals surface area (Å²) in [6.45, 7) is 2.11. The Hall–Kier alpha value is -2.13. The maximum Gasteiger partial charge on any atom is 0.123 e. The van der Waals surface area contributed by atoms with E-state index in [-0.39, 0.29) is 5.82 Å². The summed E-state index contributed by atoms with van der Waals surface area (Å²) in [5.74, 6) is 1.10. The standard InChI is InChI=1S/C21H23FN2/c22-17-8-9-21-19(12-17)20(14-24-21)18-11-16(18)13-23-10-4-7-15-5-2-1-3-6-15/h1-3,5-6,8-9,12,14,16,18,23-24H,4,7,10-11,13H2/t16-,18+/m0/s1. The highest BCUT2D eigenvalue weighted by atomic mass is 19.1. The zero-order chi connectivity index (χ0) is 16.4. The van der Waals surface area contributed by atoms with Gasteiger partial charge in [-0.3, -0.25) is 0 Å². The molecule has 2 atom stereocenters. The Morgan fingerprint density at radius 1 is 1.12 bits per heavy atom. The fourth-order valence-corrected chi connectivity index (χ4v) is 3.62. The number of rotatable bonds is 7. The second-order valence-electron chi connectivity index (χ2n) is 6.83. The van der Waals surface area contributed by atoms with Crippen LogP contribution in [0.3, 0.4) is 0 Å². The summed E-state index contributed by atoms with van der Waals surface area (Å²) in [5, 5.41) is 4.63. The lowest BCUT2D eigenvalue weighted by Gasteiger charge is -2.05. The Balaban J connectivity index is 1.24. The Labute approximate surface area is 142 Å². The number of aryl methyl sites for hydroxylation is 1. The number of hydrogen-bond donors (Lipinski definition) is 2. The van der Waals surface area contributed by atoms with Crippen molar-refractivity contribution in [3.63, 3.8) is 0 Å². The van der Waals surface area contributed by atoms with Gasteiger partial charge in [0.2, 0.25) is 0 Å². The van der Waals surface area contributed by atoms with Gasteiger partial charge < -0.3 is 10.3 Å². The van der Waals surface area contributed by atoms with Gasteiger partial charge in [0.15, 0.2) is 0 Å². The topological polar surface area (TPSA) is 27.8 Å². The summed E-state index contributed by atoms with van der Waals surface area (Å²) in [5.41, 5.74) is 3.72. The van der Waals surface area contributed by atoms with Crippen molar-refractivity contribution in [1.82, 2.24) is 10.3 Å². The van der Waals surface area contributed by atoms with Gasteiger partial charge in [0.25, 0.3) is 0 Å². The minimum Gasteiger partial charge on any atom is -0.361 e. The molecule has 3 heteroatoms. The van der Waals surface area contributed by atoms with Crippen molar-refractivity contribution in [2.75, 3.05) is 13.1 Å². The van der Waals surface area contributed by atoms with Crippen LogP contribution in [0.2, 0.25) is 0 Å². The van der Waals surface area contributed by atoms with Crippen LogP contribution in [0.5, 0.6) is 0 Å². The molecule has 0 saturated heterocycles. The van der Waals surface area contributed by atoms with E-state index < -0.39 is 0 Å². The van der Waals surface area contributed by atoms with Crippen LogP contribution in [0.15, 0.2) is 54.7 Å². The summed E-state index contributed by atoms with van der Waals surface area (Å²) in [7, 11) is 0. The largest absolute Gasteiger partial charge is 0.361 e. The summed E-state index contributed by atoms with van der Waals surface area (Å²) < 4.78 is 13.5. The molecule has 1 fully saturated rings. The van der Waals surface area contributed by atoms with Crippen molar-refractivity contribution < 1.29 is 4.39 Å². The van der Waals surface area contributed by atoms with Crippen molar-refractivity contribution >= 4 is 10.9 Å². The van der Waals surface area contributed by atoms with Crippen LogP contribution in [0.4, 0.5) is 4.39 Å². The number of aromatic amines is 1. The first kappa shape index (κ1) is 15.4.